The molecule has 0 saturated heterocycles. The number of benzene rings is 2. The van der Waals surface area contributed by atoms with E-state index in [9.17, 15) is 4.79 Å². The van der Waals surface area contributed by atoms with Crippen molar-refractivity contribution in [2.45, 2.75) is 75.7 Å². The van der Waals surface area contributed by atoms with E-state index >= 15 is 0 Å². The lowest BCUT2D eigenvalue weighted by Gasteiger charge is -2.19. The lowest BCUT2D eigenvalue weighted by Crippen LogP contribution is -2.13. The maximum Gasteiger partial charge on any atom is 0.161 e. The van der Waals surface area contributed by atoms with E-state index in [2.05, 4.69) is 79.2 Å². The van der Waals surface area contributed by atoms with Gasteiger partial charge < -0.3 is 4.58 Å². The molecule has 160 valence electrons. The first kappa shape index (κ1) is 23.8. The van der Waals surface area contributed by atoms with Crippen LogP contribution in [0.3, 0.4) is 0 Å². The third kappa shape index (κ3) is 4.64. The summed E-state index contributed by atoms with van der Waals surface area (Å²) >= 11 is 0. The van der Waals surface area contributed by atoms with Crippen LogP contribution in [0.1, 0.15) is 69.0 Å². The summed E-state index contributed by atoms with van der Waals surface area (Å²) in [6.07, 6.45) is 7.47. The highest BCUT2D eigenvalue weighted by atomic mass is 16.1. The molecular weight excluding hydrogens is 366 g/mol. The highest BCUT2D eigenvalue weighted by Gasteiger charge is 2.12. The highest BCUT2D eigenvalue weighted by molar-refractivity contribution is 5.94. The molecule has 0 aliphatic heterocycles. The van der Waals surface area contributed by atoms with Crippen LogP contribution in [0, 0.1) is 62.3 Å². The fraction of sp³-hybridized carbons (Fsp3) is 0.429. The van der Waals surface area contributed by atoms with Crippen molar-refractivity contribution in [2.24, 2.45) is 0 Å². The van der Waals surface area contributed by atoms with Crippen molar-refractivity contribution >= 4 is 23.8 Å². The second kappa shape index (κ2) is 9.55. The van der Waals surface area contributed by atoms with Crippen molar-refractivity contribution in [3.63, 3.8) is 0 Å². The Morgan fingerprint density at radius 1 is 0.800 bits per heavy atom. The standard InChI is InChI=1S/C28H37NO/c1-11-29(28-16-17(2)18(3)19(4)25(28)10)15-14-26(30)12-13-27-23(8)21(6)20(5)22(7)24(27)9/h12-13,16H,14-15H2,1-10H3/b13-12+. The molecule has 0 unspecified atom stereocenters. The van der Waals surface area contributed by atoms with Gasteiger partial charge in [-0.05, 0) is 100 Å². The number of aryl methyl sites for hydroxylation is 1. The number of carbonyl (C=O) groups is 1. The van der Waals surface area contributed by atoms with Crippen molar-refractivity contribution in [3.05, 3.63) is 67.8 Å². The molecule has 0 radical (unpaired) electrons. The largest absolute Gasteiger partial charge is 0.364 e. The van der Waals surface area contributed by atoms with E-state index in [0.29, 0.717) is 13.0 Å². The van der Waals surface area contributed by atoms with Gasteiger partial charge in [-0.1, -0.05) is 42.7 Å². The van der Waals surface area contributed by atoms with Crippen molar-refractivity contribution < 1.29 is 9.37 Å². The molecule has 0 aromatic heterocycles. The molecule has 2 nitrogen and oxygen atoms in total. The minimum absolute atomic E-state index is 0.142. The fourth-order valence-corrected chi connectivity index (χ4v) is 4.08. The second-order valence-electron chi connectivity index (χ2n) is 8.55. The Bertz CT molecular complexity index is 1020. The Labute approximate surface area is 183 Å². The first-order chi connectivity index (χ1) is 14.0. The minimum Gasteiger partial charge on any atom is -0.364 e. The zero-order valence-corrected chi connectivity index (χ0v) is 20.5. The zero-order chi connectivity index (χ0) is 22.7. The predicted octanol–water partition coefficient (Wildman–Crippen LogP) is 6.75. The molecule has 0 atom stereocenters. The summed E-state index contributed by atoms with van der Waals surface area (Å²) in [6, 6.07) is 2.21. The van der Waals surface area contributed by atoms with Gasteiger partial charge in [-0.2, -0.15) is 0 Å². The van der Waals surface area contributed by atoms with Crippen LogP contribution < -0.4 is 0 Å². The van der Waals surface area contributed by atoms with E-state index in [1.54, 1.807) is 6.08 Å². The van der Waals surface area contributed by atoms with E-state index in [0.717, 1.165) is 5.69 Å². The zero-order valence-electron chi connectivity index (χ0n) is 20.5. The lowest BCUT2D eigenvalue weighted by atomic mass is 9.89. The monoisotopic (exact) mass is 403 g/mol. The summed E-state index contributed by atoms with van der Waals surface area (Å²) < 4.78 is 2.08. The van der Waals surface area contributed by atoms with Gasteiger partial charge >= 0.3 is 0 Å². The molecule has 2 rings (SSSR count). The van der Waals surface area contributed by atoms with Gasteiger partial charge in [0.1, 0.15) is 6.54 Å². The molecule has 2 heteroatoms. The van der Waals surface area contributed by atoms with Crippen molar-refractivity contribution in [1.29, 1.82) is 0 Å². The summed E-state index contributed by atoms with van der Waals surface area (Å²) in [7, 11) is 0. The van der Waals surface area contributed by atoms with Crippen LogP contribution in [0.15, 0.2) is 12.1 Å². The van der Waals surface area contributed by atoms with Gasteiger partial charge in [0.25, 0.3) is 0 Å². The molecule has 0 fully saturated rings. The number of hydrogen-bond acceptors (Lipinski definition) is 1. The number of carbonyl (C=O) groups excluding carboxylic acids is 1. The number of hydrogen-bond donors (Lipinski definition) is 0. The number of rotatable bonds is 6. The van der Waals surface area contributed by atoms with E-state index in [-0.39, 0.29) is 5.78 Å². The molecule has 0 bridgehead atoms. The topological polar surface area (TPSA) is 20.1 Å². The third-order valence-corrected chi connectivity index (χ3v) is 7.09. The van der Waals surface area contributed by atoms with E-state index < -0.39 is 0 Å². The molecule has 0 aliphatic carbocycles. The SMILES string of the molecule is C[C-]=[N+](CCC(=O)/C=C/c1c(C)c(C)c(C)c(C)c1C)c1cc(C)c(C)c(C)c1C. The smallest absolute Gasteiger partial charge is 0.161 e. The molecular formula is C28H37NO. The van der Waals surface area contributed by atoms with E-state index in [1.165, 1.54) is 55.6 Å². The molecule has 0 saturated carbocycles. The second-order valence-corrected chi connectivity index (χ2v) is 8.55. The van der Waals surface area contributed by atoms with Gasteiger partial charge in [-0.25, -0.2) is 0 Å². The first-order valence-electron chi connectivity index (χ1n) is 10.8. The summed E-state index contributed by atoms with van der Waals surface area (Å²) in [5.41, 5.74) is 14.0. The Hall–Kier alpha value is -2.48. The Morgan fingerprint density at radius 3 is 1.83 bits per heavy atom. The summed E-state index contributed by atoms with van der Waals surface area (Å²) in [4.78, 5) is 12.7. The average molecular weight is 404 g/mol. The Morgan fingerprint density at radius 2 is 1.30 bits per heavy atom. The number of nitrogens with zero attached hydrogens (tertiary/aromatic N) is 1. The quantitative estimate of drug-likeness (QED) is 0.226. The van der Waals surface area contributed by atoms with Crippen LogP contribution in [0.25, 0.3) is 6.08 Å². The van der Waals surface area contributed by atoms with Crippen LogP contribution in [-0.4, -0.2) is 23.1 Å². The summed E-state index contributed by atoms with van der Waals surface area (Å²) in [6.45, 7) is 22.0. The maximum absolute atomic E-state index is 12.7. The maximum atomic E-state index is 12.7. The van der Waals surface area contributed by atoms with Crippen molar-refractivity contribution in [1.82, 2.24) is 0 Å². The van der Waals surface area contributed by atoms with Crippen LogP contribution >= 0.6 is 0 Å². The highest BCUT2D eigenvalue weighted by Crippen LogP contribution is 2.28. The van der Waals surface area contributed by atoms with Crippen molar-refractivity contribution in [3.8, 4) is 0 Å². The molecule has 2 aromatic rings. The van der Waals surface area contributed by atoms with E-state index in [4.69, 9.17) is 0 Å². The number of allylic oxidation sites excluding steroid dienone is 1. The van der Waals surface area contributed by atoms with Gasteiger partial charge in [0.05, 0.1) is 12.1 Å². The first-order valence-corrected chi connectivity index (χ1v) is 10.8. The van der Waals surface area contributed by atoms with Crippen LogP contribution in [-0.2, 0) is 4.79 Å². The molecule has 0 spiro atoms. The fourth-order valence-electron chi connectivity index (χ4n) is 4.08. The lowest BCUT2D eigenvalue weighted by molar-refractivity contribution is -0.435. The molecule has 0 heterocycles. The van der Waals surface area contributed by atoms with E-state index in [1.807, 2.05) is 13.0 Å². The molecule has 2 aromatic carbocycles. The minimum atomic E-state index is 0.142. The molecule has 0 N–H and O–H groups in total. The summed E-state index contributed by atoms with van der Waals surface area (Å²) in [5.74, 6) is 0.142. The third-order valence-electron chi connectivity index (χ3n) is 7.09. The van der Waals surface area contributed by atoms with Gasteiger partial charge in [0, 0.05) is 6.21 Å². The van der Waals surface area contributed by atoms with Crippen LogP contribution in [0.2, 0.25) is 0 Å². The van der Waals surface area contributed by atoms with Crippen LogP contribution in [0.5, 0.6) is 0 Å². The predicted molar refractivity (Wildman–Crippen MR) is 130 cm³/mol. The molecule has 0 aliphatic rings. The number of ketones is 1. The summed E-state index contributed by atoms with van der Waals surface area (Å²) in [5, 5.41) is 0. The van der Waals surface area contributed by atoms with Crippen molar-refractivity contribution in [2.75, 3.05) is 6.54 Å². The van der Waals surface area contributed by atoms with Gasteiger partial charge in [0.2, 0.25) is 0 Å². The molecule has 0 amide bonds. The van der Waals surface area contributed by atoms with Crippen LogP contribution in [0.4, 0.5) is 5.69 Å². The van der Waals surface area contributed by atoms with Gasteiger partial charge in [-0.15, -0.1) is 0 Å². The Balaban J connectivity index is 2.21. The molecule has 30 heavy (non-hydrogen) atoms. The Kier molecular flexibility index (Phi) is 7.58. The average Bonchev–Trinajstić information content (AvgIpc) is 2.73. The van der Waals surface area contributed by atoms with Gasteiger partial charge in [0.15, 0.2) is 5.78 Å². The normalized spacial score (nSPS) is 12.1. The van der Waals surface area contributed by atoms with Gasteiger partial charge in [-0.3, -0.25) is 4.79 Å².